The van der Waals surface area contributed by atoms with Crippen LogP contribution in [0.1, 0.15) is 45.4 Å². The number of allylic oxidation sites excluding steroid dienone is 2. The highest BCUT2D eigenvalue weighted by Gasteiger charge is 2.41. The highest BCUT2D eigenvalue weighted by Crippen LogP contribution is 2.52. The van der Waals surface area contributed by atoms with Gasteiger partial charge in [-0.2, -0.15) is 0 Å². The number of rotatable bonds is 3. The maximum absolute atomic E-state index is 12.3. The van der Waals surface area contributed by atoms with Crippen LogP contribution >= 0.6 is 11.6 Å². The van der Waals surface area contributed by atoms with E-state index in [2.05, 4.69) is 17.5 Å². The lowest BCUT2D eigenvalue weighted by Crippen LogP contribution is -2.31. The van der Waals surface area contributed by atoms with Crippen LogP contribution < -0.4 is 5.32 Å². The summed E-state index contributed by atoms with van der Waals surface area (Å²) in [6.07, 6.45) is 5.03. The maximum Gasteiger partial charge on any atom is 0.338 e. The number of methoxy groups -OCH3 is 1. The molecule has 1 aliphatic heterocycles. The minimum atomic E-state index is -0.465. The summed E-state index contributed by atoms with van der Waals surface area (Å²) in [5.74, 6) is -0.193. The van der Waals surface area contributed by atoms with Crippen LogP contribution in [0.15, 0.2) is 42.5 Å². The molecule has 6 nitrogen and oxygen atoms in total. The van der Waals surface area contributed by atoms with Crippen LogP contribution in [-0.4, -0.2) is 18.0 Å². The van der Waals surface area contributed by atoms with Gasteiger partial charge in [-0.15, -0.1) is 0 Å². The summed E-state index contributed by atoms with van der Waals surface area (Å²) >= 11 is 5.99. The Labute approximate surface area is 167 Å². The zero-order valence-electron chi connectivity index (χ0n) is 15.4. The summed E-state index contributed by atoms with van der Waals surface area (Å²) in [6.45, 7) is 1.98. The quantitative estimate of drug-likeness (QED) is 0.334. The Morgan fingerprint density at radius 3 is 2.82 bits per heavy atom. The summed E-state index contributed by atoms with van der Waals surface area (Å²) in [6, 6.07) is 8.50. The smallest absolute Gasteiger partial charge is 0.338 e. The minimum Gasteiger partial charge on any atom is -0.465 e. The van der Waals surface area contributed by atoms with E-state index in [-0.39, 0.29) is 34.6 Å². The Hall–Kier alpha value is -2.86. The van der Waals surface area contributed by atoms with Crippen LogP contribution in [0.3, 0.4) is 0 Å². The molecule has 0 spiro atoms. The van der Waals surface area contributed by atoms with Gasteiger partial charge >= 0.3 is 5.97 Å². The first-order chi connectivity index (χ1) is 13.4. The van der Waals surface area contributed by atoms with Gasteiger partial charge in [-0.05, 0) is 48.1 Å². The van der Waals surface area contributed by atoms with E-state index in [1.165, 1.54) is 7.11 Å². The van der Waals surface area contributed by atoms with Gasteiger partial charge in [0.05, 0.1) is 23.6 Å². The molecular weight excluding hydrogens is 380 g/mol. The number of halogens is 1. The molecule has 2 aromatic rings. The largest absolute Gasteiger partial charge is 0.465 e. The third-order valence-corrected chi connectivity index (χ3v) is 5.98. The lowest BCUT2D eigenvalue weighted by Gasteiger charge is -2.39. The summed E-state index contributed by atoms with van der Waals surface area (Å²) < 4.78 is 4.98. The molecule has 144 valence electrons. The fourth-order valence-electron chi connectivity index (χ4n) is 4.34. The SMILES string of the molecule is COC(=O)c1ccc(C)c2c1[C@@H]1C=CC[C@@H]1[C@H](c1ccc(Cl)c([N+](=O)[O-])c1)N2. The van der Waals surface area contributed by atoms with Crippen LogP contribution in [-0.2, 0) is 4.74 Å². The molecule has 7 heteroatoms. The van der Waals surface area contributed by atoms with E-state index in [4.69, 9.17) is 16.3 Å². The van der Waals surface area contributed by atoms with Gasteiger partial charge < -0.3 is 10.1 Å². The van der Waals surface area contributed by atoms with Crippen molar-refractivity contribution in [2.24, 2.45) is 5.92 Å². The molecule has 0 bridgehead atoms. The average Bonchev–Trinajstić information content (AvgIpc) is 3.17. The Bertz CT molecular complexity index is 1020. The molecule has 0 fully saturated rings. The summed E-state index contributed by atoms with van der Waals surface area (Å²) in [4.78, 5) is 23.2. The fourth-order valence-corrected chi connectivity index (χ4v) is 4.52. The van der Waals surface area contributed by atoms with Crippen molar-refractivity contribution in [3.05, 3.63) is 79.9 Å². The van der Waals surface area contributed by atoms with Crippen molar-refractivity contribution in [2.45, 2.75) is 25.3 Å². The van der Waals surface area contributed by atoms with Crippen molar-refractivity contribution >= 4 is 28.9 Å². The van der Waals surface area contributed by atoms with Crippen molar-refractivity contribution in [1.82, 2.24) is 0 Å². The van der Waals surface area contributed by atoms with E-state index in [1.54, 1.807) is 18.2 Å². The number of benzene rings is 2. The molecule has 1 N–H and O–H groups in total. The van der Waals surface area contributed by atoms with Crippen LogP contribution in [0.2, 0.25) is 5.02 Å². The van der Waals surface area contributed by atoms with E-state index >= 15 is 0 Å². The zero-order chi connectivity index (χ0) is 20.0. The molecule has 0 radical (unpaired) electrons. The lowest BCUT2D eigenvalue weighted by atomic mass is 9.74. The molecule has 28 heavy (non-hydrogen) atoms. The second-order valence-corrected chi connectivity index (χ2v) is 7.56. The molecule has 3 atom stereocenters. The molecule has 1 aliphatic carbocycles. The van der Waals surface area contributed by atoms with Gasteiger partial charge in [0.15, 0.2) is 0 Å². The Morgan fingerprint density at radius 1 is 1.32 bits per heavy atom. The highest BCUT2D eigenvalue weighted by molar-refractivity contribution is 6.32. The van der Waals surface area contributed by atoms with E-state index in [1.807, 2.05) is 19.1 Å². The molecule has 0 aromatic heterocycles. The molecule has 0 saturated heterocycles. The molecule has 1 heterocycles. The van der Waals surface area contributed by atoms with Gasteiger partial charge in [0, 0.05) is 17.7 Å². The topological polar surface area (TPSA) is 81.5 Å². The summed E-state index contributed by atoms with van der Waals surface area (Å²) in [7, 11) is 1.38. The van der Waals surface area contributed by atoms with E-state index < -0.39 is 4.92 Å². The number of carbonyl (C=O) groups excluding carboxylic acids is 1. The van der Waals surface area contributed by atoms with Crippen LogP contribution in [0.25, 0.3) is 0 Å². The molecule has 4 rings (SSSR count). The number of carbonyl (C=O) groups is 1. The summed E-state index contributed by atoms with van der Waals surface area (Å²) in [5, 5.41) is 15.0. The normalized spacial score (nSPS) is 22.2. The van der Waals surface area contributed by atoms with E-state index in [0.29, 0.717) is 5.56 Å². The van der Waals surface area contributed by atoms with Gasteiger partial charge in [0.1, 0.15) is 5.02 Å². The van der Waals surface area contributed by atoms with Gasteiger partial charge in [-0.1, -0.05) is 35.9 Å². The lowest BCUT2D eigenvalue weighted by molar-refractivity contribution is -0.384. The average molecular weight is 399 g/mol. The first-order valence-electron chi connectivity index (χ1n) is 9.01. The fraction of sp³-hybridized carbons (Fsp3) is 0.286. The number of nitro groups is 1. The second-order valence-electron chi connectivity index (χ2n) is 7.15. The predicted octanol–water partition coefficient (Wildman–Crippen LogP) is 5.17. The van der Waals surface area contributed by atoms with Crippen molar-refractivity contribution < 1.29 is 14.5 Å². The van der Waals surface area contributed by atoms with Crippen molar-refractivity contribution in [2.75, 3.05) is 12.4 Å². The minimum absolute atomic E-state index is 0.0324. The predicted molar refractivity (Wildman–Crippen MR) is 107 cm³/mol. The highest BCUT2D eigenvalue weighted by atomic mass is 35.5. The standard InChI is InChI=1S/C21H19ClN2O4/c1-11-6-8-15(21(25)28-2)18-13-4-3-5-14(13)20(23-19(11)18)12-7-9-16(22)17(10-12)24(26)27/h3-4,6-10,13-14,20,23H,5H2,1-2H3/t13-,14+,20+/m1/s1. The van der Waals surface area contributed by atoms with Crippen LogP contribution in [0.5, 0.6) is 0 Å². The number of nitrogens with one attached hydrogen (secondary N) is 1. The van der Waals surface area contributed by atoms with Gasteiger partial charge in [-0.3, -0.25) is 10.1 Å². The Morgan fingerprint density at radius 2 is 2.11 bits per heavy atom. The molecule has 0 amide bonds. The van der Waals surface area contributed by atoms with Crippen LogP contribution in [0, 0.1) is 23.0 Å². The van der Waals surface area contributed by atoms with E-state index in [0.717, 1.165) is 28.8 Å². The number of hydrogen-bond donors (Lipinski definition) is 1. The molecular formula is C21H19ClN2O4. The van der Waals surface area contributed by atoms with Gasteiger partial charge in [0.2, 0.25) is 0 Å². The summed E-state index contributed by atoms with van der Waals surface area (Å²) in [5.41, 5.74) is 4.09. The Kier molecular flexibility index (Phi) is 4.59. The number of nitrogens with zero attached hydrogens (tertiary/aromatic N) is 1. The number of anilines is 1. The van der Waals surface area contributed by atoms with Crippen LogP contribution in [0.4, 0.5) is 11.4 Å². The molecule has 0 saturated carbocycles. The Balaban J connectivity index is 1.85. The third kappa shape index (κ3) is 2.85. The first kappa shape index (κ1) is 18.5. The number of aryl methyl sites for hydroxylation is 1. The van der Waals surface area contributed by atoms with Crippen molar-refractivity contribution in [1.29, 1.82) is 0 Å². The van der Waals surface area contributed by atoms with Gasteiger partial charge in [-0.25, -0.2) is 4.79 Å². The van der Waals surface area contributed by atoms with Gasteiger partial charge in [0.25, 0.3) is 5.69 Å². The molecule has 2 aliphatic rings. The number of esters is 1. The number of nitro benzene ring substituents is 1. The number of fused-ring (bicyclic) bond motifs is 3. The van der Waals surface area contributed by atoms with E-state index in [9.17, 15) is 14.9 Å². The van der Waals surface area contributed by atoms with Crippen molar-refractivity contribution in [3.8, 4) is 0 Å². The second kappa shape index (κ2) is 6.95. The number of ether oxygens (including phenoxy) is 1. The molecule has 0 unspecified atom stereocenters. The number of hydrogen-bond acceptors (Lipinski definition) is 5. The zero-order valence-corrected chi connectivity index (χ0v) is 16.2. The van der Waals surface area contributed by atoms with Crippen molar-refractivity contribution in [3.63, 3.8) is 0 Å². The molecule has 2 aromatic carbocycles. The third-order valence-electron chi connectivity index (χ3n) is 5.66. The first-order valence-corrected chi connectivity index (χ1v) is 9.39. The monoisotopic (exact) mass is 398 g/mol. The maximum atomic E-state index is 12.3.